The molecule has 2 aliphatic rings. The van der Waals surface area contributed by atoms with Crippen LogP contribution in [0.5, 0.6) is 0 Å². The van der Waals surface area contributed by atoms with Crippen molar-refractivity contribution in [2.45, 2.75) is 57.1 Å². The standard InChI is InChI=1S/C28H33BrN2O4/c1-18(30)31(17-19-6-5-7-20(14-19)25(32)35-4)26(33)27(2)24-15-22(29)9-8-21(24)16-28(27)12-10-23(34-3)11-13-28/h5-9,14-15,23H,1,10-13,16-17,30H2,2-4H3. The lowest BCUT2D eigenvalue weighted by atomic mass is 9.57. The largest absolute Gasteiger partial charge is 0.465 e. The van der Waals surface area contributed by atoms with Crippen molar-refractivity contribution in [1.82, 2.24) is 4.90 Å². The lowest BCUT2D eigenvalue weighted by Gasteiger charge is -2.49. The summed E-state index contributed by atoms with van der Waals surface area (Å²) < 4.78 is 11.4. The van der Waals surface area contributed by atoms with Crippen molar-refractivity contribution < 1.29 is 19.1 Å². The molecule has 0 aliphatic heterocycles. The Balaban J connectivity index is 1.75. The molecule has 6 nitrogen and oxygen atoms in total. The third-order valence-electron chi connectivity index (χ3n) is 8.13. The summed E-state index contributed by atoms with van der Waals surface area (Å²) >= 11 is 3.62. The lowest BCUT2D eigenvalue weighted by Crippen LogP contribution is -2.55. The van der Waals surface area contributed by atoms with Gasteiger partial charge in [-0.1, -0.05) is 40.7 Å². The Bertz CT molecular complexity index is 1160. The second kappa shape index (κ2) is 9.78. The molecule has 1 saturated carbocycles. The first-order chi connectivity index (χ1) is 16.6. The van der Waals surface area contributed by atoms with E-state index in [0.717, 1.165) is 47.7 Å². The zero-order valence-corrected chi connectivity index (χ0v) is 22.2. The molecular weight excluding hydrogens is 508 g/mol. The average Bonchev–Trinajstić information content (AvgIpc) is 3.10. The van der Waals surface area contributed by atoms with Crippen LogP contribution in [-0.4, -0.2) is 37.1 Å². The van der Waals surface area contributed by atoms with Gasteiger partial charge in [-0.05, 0) is 85.4 Å². The zero-order valence-electron chi connectivity index (χ0n) is 20.6. The summed E-state index contributed by atoms with van der Waals surface area (Å²) in [5.41, 5.74) is 8.67. The molecule has 0 aromatic heterocycles. The van der Waals surface area contributed by atoms with Gasteiger partial charge in [0.1, 0.15) is 0 Å². The van der Waals surface area contributed by atoms with E-state index in [2.05, 4.69) is 41.6 Å². The Hall–Kier alpha value is -2.64. The van der Waals surface area contributed by atoms with Crippen LogP contribution in [0, 0.1) is 5.41 Å². The Morgan fingerprint density at radius 2 is 1.89 bits per heavy atom. The minimum absolute atomic E-state index is 0.0683. The molecular formula is C28H33BrN2O4. The normalized spacial score (nSPS) is 25.2. The molecule has 1 amide bonds. The van der Waals surface area contributed by atoms with E-state index in [1.807, 2.05) is 12.1 Å². The first-order valence-electron chi connectivity index (χ1n) is 11.9. The Labute approximate surface area is 215 Å². The number of amides is 1. The maximum atomic E-state index is 14.5. The van der Waals surface area contributed by atoms with Crippen molar-refractivity contribution in [2.24, 2.45) is 11.1 Å². The molecule has 186 valence electrons. The SMILES string of the molecule is C=C(N)N(Cc1cccc(C(=O)OC)c1)C(=O)C1(C)c2cc(Br)ccc2CC12CCC(OC)CC2. The van der Waals surface area contributed by atoms with E-state index in [9.17, 15) is 9.59 Å². The van der Waals surface area contributed by atoms with Crippen molar-refractivity contribution in [3.8, 4) is 0 Å². The number of nitrogens with two attached hydrogens (primary N) is 1. The van der Waals surface area contributed by atoms with Crippen LogP contribution < -0.4 is 5.73 Å². The molecule has 0 bridgehead atoms. The van der Waals surface area contributed by atoms with Crippen LogP contribution in [0.25, 0.3) is 0 Å². The molecule has 1 spiro atoms. The summed E-state index contributed by atoms with van der Waals surface area (Å²) in [6, 6.07) is 13.3. The van der Waals surface area contributed by atoms with Gasteiger partial charge in [0.05, 0.1) is 36.6 Å². The number of hydrogen-bond acceptors (Lipinski definition) is 5. The van der Waals surface area contributed by atoms with Gasteiger partial charge in [0.2, 0.25) is 5.91 Å². The predicted octanol–water partition coefficient (Wildman–Crippen LogP) is 5.08. The molecule has 4 rings (SSSR count). The number of carbonyl (C=O) groups excluding carboxylic acids is 2. The van der Waals surface area contributed by atoms with E-state index in [0.29, 0.717) is 5.56 Å². The summed E-state index contributed by atoms with van der Waals surface area (Å²) in [6.07, 6.45) is 4.68. The maximum absolute atomic E-state index is 14.5. The third kappa shape index (κ3) is 4.40. The van der Waals surface area contributed by atoms with Crippen LogP contribution in [0.1, 0.15) is 59.7 Å². The van der Waals surface area contributed by atoms with Gasteiger partial charge in [0, 0.05) is 11.6 Å². The molecule has 2 aliphatic carbocycles. The Morgan fingerprint density at radius 1 is 1.17 bits per heavy atom. The van der Waals surface area contributed by atoms with E-state index in [1.165, 1.54) is 12.7 Å². The van der Waals surface area contributed by atoms with E-state index >= 15 is 0 Å². The highest BCUT2D eigenvalue weighted by molar-refractivity contribution is 9.10. The second-order valence-electron chi connectivity index (χ2n) is 9.89. The van der Waals surface area contributed by atoms with Gasteiger partial charge in [0.25, 0.3) is 0 Å². The molecule has 2 N–H and O–H groups in total. The van der Waals surface area contributed by atoms with Gasteiger partial charge in [-0.3, -0.25) is 9.69 Å². The highest BCUT2D eigenvalue weighted by atomic mass is 79.9. The molecule has 1 unspecified atom stereocenters. The van der Waals surface area contributed by atoms with Crippen LogP contribution in [0.3, 0.4) is 0 Å². The molecule has 1 fully saturated rings. The van der Waals surface area contributed by atoms with Crippen molar-refractivity contribution in [2.75, 3.05) is 14.2 Å². The molecule has 2 aromatic rings. The maximum Gasteiger partial charge on any atom is 0.337 e. The van der Waals surface area contributed by atoms with Crippen molar-refractivity contribution in [3.05, 3.63) is 81.6 Å². The number of esters is 1. The van der Waals surface area contributed by atoms with Crippen molar-refractivity contribution in [3.63, 3.8) is 0 Å². The number of methoxy groups -OCH3 is 2. The van der Waals surface area contributed by atoms with Crippen LogP contribution in [0.2, 0.25) is 0 Å². The van der Waals surface area contributed by atoms with Crippen LogP contribution in [0.15, 0.2) is 59.3 Å². The number of rotatable bonds is 6. The van der Waals surface area contributed by atoms with Crippen LogP contribution >= 0.6 is 15.9 Å². The Morgan fingerprint density at radius 3 is 2.51 bits per heavy atom. The van der Waals surface area contributed by atoms with Gasteiger partial charge in [0.15, 0.2) is 0 Å². The molecule has 2 aromatic carbocycles. The summed E-state index contributed by atoms with van der Waals surface area (Å²) in [5, 5.41) is 0. The number of benzene rings is 2. The lowest BCUT2D eigenvalue weighted by molar-refractivity contribution is -0.142. The molecule has 7 heteroatoms. The summed E-state index contributed by atoms with van der Waals surface area (Å²) in [6.45, 7) is 6.23. The summed E-state index contributed by atoms with van der Waals surface area (Å²) in [5.74, 6) is -0.309. The molecule has 35 heavy (non-hydrogen) atoms. The number of halogens is 1. The van der Waals surface area contributed by atoms with Crippen molar-refractivity contribution >= 4 is 27.8 Å². The first kappa shape index (κ1) is 25.5. The third-order valence-corrected chi connectivity index (χ3v) is 8.62. The molecule has 0 heterocycles. The van der Waals surface area contributed by atoms with E-state index in [-0.39, 0.29) is 29.8 Å². The minimum atomic E-state index is -0.785. The van der Waals surface area contributed by atoms with Crippen LogP contribution in [0.4, 0.5) is 0 Å². The number of carbonyl (C=O) groups is 2. The molecule has 0 saturated heterocycles. The predicted molar refractivity (Wildman–Crippen MR) is 139 cm³/mol. The zero-order chi connectivity index (χ0) is 25.4. The van der Waals surface area contributed by atoms with Gasteiger partial charge >= 0.3 is 5.97 Å². The minimum Gasteiger partial charge on any atom is -0.465 e. The van der Waals surface area contributed by atoms with Gasteiger partial charge in [-0.15, -0.1) is 0 Å². The number of ether oxygens (including phenoxy) is 2. The Kier molecular flexibility index (Phi) is 7.11. The van der Waals surface area contributed by atoms with Gasteiger partial charge in [-0.25, -0.2) is 4.79 Å². The van der Waals surface area contributed by atoms with Gasteiger partial charge < -0.3 is 15.2 Å². The second-order valence-corrected chi connectivity index (χ2v) is 10.8. The number of nitrogens with zero attached hydrogens (tertiary/aromatic N) is 1. The summed E-state index contributed by atoms with van der Waals surface area (Å²) in [4.78, 5) is 28.1. The highest BCUT2D eigenvalue weighted by Gasteiger charge is 2.60. The van der Waals surface area contributed by atoms with E-state index in [4.69, 9.17) is 15.2 Å². The molecule has 1 atom stereocenters. The number of hydrogen-bond donors (Lipinski definition) is 1. The van der Waals surface area contributed by atoms with Crippen LogP contribution in [-0.2, 0) is 32.6 Å². The van der Waals surface area contributed by atoms with E-state index in [1.54, 1.807) is 30.2 Å². The quantitative estimate of drug-likeness (QED) is 0.516. The molecule has 0 radical (unpaired) electrons. The average molecular weight is 541 g/mol. The summed E-state index contributed by atoms with van der Waals surface area (Å²) in [7, 11) is 3.11. The first-order valence-corrected chi connectivity index (χ1v) is 12.7. The van der Waals surface area contributed by atoms with Crippen molar-refractivity contribution in [1.29, 1.82) is 0 Å². The van der Waals surface area contributed by atoms with Gasteiger partial charge in [-0.2, -0.15) is 0 Å². The van der Waals surface area contributed by atoms with E-state index < -0.39 is 11.4 Å². The smallest absolute Gasteiger partial charge is 0.337 e. The highest BCUT2D eigenvalue weighted by Crippen LogP contribution is 2.60. The number of fused-ring (bicyclic) bond motifs is 1. The fourth-order valence-corrected chi connectivity index (χ4v) is 6.43. The fourth-order valence-electron chi connectivity index (χ4n) is 6.06. The monoisotopic (exact) mass is 540 g/mol. The fraction of sp³-hybridized carbons (Fsp3) is 0.429. The topological polar surface area (TPSA) is 81.9 Å².